The summed E-state index contributed by atoms with van der Waals surface area (Å²) in [6.07, 6.45) is 3.08. The number of hydrogen-bond acceptors (Lipinski definition) is 1. The normalized spacial score (nSPS) is 27.0. The highest BCUT2D eigenvalue weighted by atomic mass is 79.9. The van der Waals surface area contributed by atoms with E-state index in [0.717, 1.165) is 6.42 Å². The van der Waals surface area contributed by atoms with E-state index in [9.17, 15) is 0 Å². The third-order valence-electron chi connectivity index (χ3n) is 3.31. The molecule has 88 valence electrons. The molecule has 2 heteroatoms. The first kappa shape index (κ1) is 12.1. The lowest BCUT2D eigenvalue weighted by molar-refractivity contribution is 0.0556. The zero-order valence-corrected chi connectivity index (χ0v) is 11.8. The minimum atomic E-state index is 0.330. The number of halogens is 1. The van der Waals surface area contributed by atoms with E-state index in [4.69, 9.17) is 4.74 Å². The maximum absolute atomic E-state index is 5.92. The van der Waals surface area contributed by atoms with Crippen LogP contribution in [0.2, 0.25) is 0 Å². The van der Waals surface area contributed by atoms with Crippen molar-refractivity contribution in [3.05, 3.63) is 34.9 Å². The van der Waals surface area contributed by atoms with Crippen molar-refractivity contribution >= 4 is 15.9 Å². The van der Waals surface area contributed by atoms with Gasteiger partial charge in [0.15, 0.2) is 0 Å². The molecule has 1 aromatic rings. The number of alkyl halides is 1. The maximum Gasteiger partial charge on any atom is 0.0745 e. The second-order valence-electron chi connectivity index (χ2n) is 4.82. The molecule has 1 aliphatic rings. The van der Waals surface area contributed by atoms with Crippen molar-refractivity contribution in [1.82, 2.24) is 0 Å². The topological polar surface area (TPSA) is 9.23 Å². The predicted molar refractivity (Wildman–Crippen MR) is 71.2 cm³/mol. The molecule has 1 aliphatic heterocycles. The van der Waals surface area contributed by atoms with Gasteiger partial charge in [-0.05, 0) is 44.7 Å². The third kappa shape index (κ3) is 2.49. The molecule has 3 atom stereocenters. The van der Waals surface area contributed by atoms with E-state index in [1.54, 1.807) is 0 Å². The largest absolute Gasteiger partial charge is 0.374 e. The monoisotopic (exact) mass is 282 g/mol. The summed E-state index contributed by atoms with van der Waals surface area (Å²) in [7, 11) is 0. The molecule has 16 heavy (non-hydrogen) atoms. The maximum atomic E-state index is 5.92. The van der Waals surface area contributed by atoms with E-state index in [1.807, 2.05) is 0 Å². The van der Waals surface area contributed by atoms with Gasteiger partial charge in [-0.1, -0.05) is 39.7 Å². The van der Waals surface area contributed by atoms with Gasteiger partial charge < -0.3 is 4.74 Å². The standard InChI is InChI=1S/C14H19BrO/c1-9-4-6-12(10(2)8-9)14(15)13-7-5-11(3)16-13/h4,6,8,11,13-14H,5,7H2,1-3H3. The quantitative estimate of drug-likeness (QED) is 0.735. The molecule has 0 spiro atoms. The summed E-state index contributed by atoms with van der Waals surface area (Å²) in [5.74, 6) is 0. The summed E-state index contributed by atoms with van der Waals surface area (Å²) in [6, 6.07) is 6.63. The first-order chi connectivity index (χ1) is 7.58. The van der Waals surface area contributed by atoms with Gasteiger partial charge in [-0.3, -0.25) is 0 Å². The van der Waals surface area contributed by atoms with Crippen LogP contribution >= 0.6 is 15.9 Å². The van der Waals surface area contributed by atoms with Gasteiger partial charge in [0.05, 0.1) is 17.0 Å². The van der Waals surface area contributed by atoms with Crippen molar-refractivity contribution in [3.8, 4) is 0 Å². The van der Waals surface area contributed by atoms with Crippen LogP contribution in [0.15, 0.2) is 18.2 Å². The number of rotatable bonds is 2. The highest BCUT2D eigenvalue weighted by Gasteiger charge is 2.29. The van der Waals surface area contributed by atoms with Crippen LogP contribution in [0.4, 0.5) is 0 Å². The molecule has 1 aromatic carbocycles. The van der Waals surface area contributed by atoms with Crippen molar-refractivity contribution in [1.29, 1.82) is 0 Å². The fourth-order valence-electron chi connectivity index (χ4n) is 2.38. The van der Waals surface area contributed by atoms with Gasteiger partial charge in [0.25, 0.3) is 0 Å². The van der Waals surface area contributed by atoms with Gasteiger partial charge in [-0.2, -0.15) is 0 Å². The van der Waals surface area contributed by atoms with Gasteiger partial charge in [0.2, 0.25) is 0 Å². The van der Waals surface area contributed by atoms with E-state index in [2.05, 4.69) is 54.9 Å². The Morgan fingerprint density at radius 2 is 2.06 bits per heavy atom. The lowest BCUT2D eigenvalue weighted by atomic mass is 9.99. The average Bonchev–Trinajstić information content (AvgIpc) is 2.64. The van der Waals surface area contributed by atoms with Crippen molar-refractivity contribution < 1.29 is 4.74 Å². The lowest BCUT2D eigenvalue weighted by Gasteiger charge is -2.20. The fraction of sp³-hybridized carbons (Fsp3) is 0.571. The Hall–Kier alpha value is -0.340. The molecule has 1 saturated heterocycles. The van der Waals surface area contributed by atoms with Crippen LogP contribution in [0, 0.1) is 13.8 Å². The van der Waals surface area contributed by atoms with Crippen molar-refractivity contribution in [2.75, 3.05) is 0 Å². The van der Waals surface area contributed by atoms with E-state index in [1.165, 1.54) is 23.1 Å². The zero-order valence-electron chi connectivity index (χ0n) is 10.2. The number of benzene rings is 1. The van der Waals surface area contributed by atoms with E-state index < -0.39 is 0 Å². The van der Waals surface area contributed by atoms with Crippen LogP contribution in [0.3, 0.4) is 0 Å². The molecule has 2 rings (SSSR count). The first-order valence-corrected chi connectivity index (χ1v) is 6.86. The molecule has 0 aliphatic carbocycles. The van der Waals surface area contributed by atoms with Crippen LogP contribution in [0.5, 0.6) is 0 Å². The summed E-state index contributed by atoms with van der Waals surface area (Å²) in [6.45, 7) is 6.46. The summed E-state index contributed by atoms with van der Waals surface area (Å²) in [5, 5.41) is 0. The number of hydrogen-bond donors (Lipinski definition) is 0. The van der Waals surface area contributed by atoms with Gasteiger partial charge in [-0.25, -0.2) is 0 Å². The fourth-order valence-corrected chi connectivity index (χ4v) is 3.29. The predicted octanol–water partition coefficient (Wildman–Crippen LogP) is 4.31. The summed E-state index contributed by atoms with van der Waals surface area (Å²) >= 11 is 3.79. The Labute approximate surface area is 106 Å². The highest BCUT2D eigenvalue weighted by Crippen LogP contribution is 2.37. The Morgan fingerprint density at radius 1 is 1.31 bits per heavy atom. The Balaban J connectivity index is 2.17. The van der Waals surface area contributed by atoms with E-state index in [0.29, 0.717) is 17.0 Å². The van der Waals surface area contributed by atoms with Crippen molar-refractivity contribution in [2.24, 2.45) is 0 Å². The van der Waals surface area contributed by atoms with Crippen LogP contribution in [0.25, 0.3) is 0 Å². The third-order valence-corrected chi connectivity index (χ3v) is 4.40. The Bertz CT molecular complexity index is 375. The zero-order chi connectivity index (χ0) is 11.7. The Morgan fingerprint density at radius 3 is 2.62 bits per heavy atom. The van der Waals surface area contributed by atoms with Gasteiger partial charge in [-0.15, -0.1) is 0 Å². The molecule has 1 fully saturated rings. The number of ether oxygens (including phenoxy) is 1. The minimum Gasteiger partial charge on any atom is -0.374 e. The molecule has 3 unspecified atom stereocenters. The van der Waals surface area contributed by atoms with E-state index in [-0.39, 0.29) is 0 Å². The summed E-state index contributed by atoms with van der Waals surface area (Å²) in [5.41, 5.74) is 4.04. The van der Waals surface area contributed by atoms with Crippen molar-refractivity contribution in [2.45, 2.75) is 50.6 Å². The SMILES string of the molecule is Cc1ccc(C(Br)C2CCC(C)O2)c(C)c1. The molecule has 0 N–H and O–H groups in total. The van der Waals surface area contributed by atoms with E-state index >= 15 is 0 Å². The second-order valence-corrected chi connectivity index (χ2v) is 5.81. The molecule has 0 radical (unpaired) electrons. The molecule has 0 amide bonds. The molecular weight excluding hydrogens is 264 g/mol. The van der Waals surface area contributed by atoms with Gasteiger partial charge in [0.1, 0.15) is 0 Å². The highest BCUT2D eigenvalue weighted by molar-refractivity contribution is 9.09. The van der Waals surface area contributed by atoms with Crippen molar-refractivity contribution in [3.63, 3.8) is 0 Å². The van der Waals surface area contributed by atoms with Gasteiger partial charge in [0, 0.05) is 0 Å². The first-order valence-electron chi connectivity index (χ1n) is 5.94. The average molecular weight is 283 g/mol. The summed E-state index contributed by atoms with van der Waals surface area (Å²) < 4.78 is 5.92. The molecule has 0 bridgehead atoms. The van der Waals surface area contributed by atoms with Crippen LogP contribution < -0.4 is 0 Å². The molecule has 0 saturated carbocycles. The van der Waals surface area contributed by atoms with Crippen LogP contribution in [-0.2, 0) is 4.74 Å². The van der Waals surface area contributed by atoms with Gasteiger partial charge >= 0.3 is 0 Å². The molecule has 1 nitrogen and oxygen atoms in total. The molecular formula is C14H19BrO. The minimum absolute atomic E-state index is 0.330. The second kappa shape index (κ2) is 4.89. The van der Waals surface area contributed by atoms with Crippen LogP contribution in [0.1, 0.15) is 41.3 Å². The molecule has 0 aromatic heterocycles. The Kier molecular flexibility index (Phi) is 3.70. The van der Waals surface area contributed by atoms with Crippen LogP contribution in [-0.4, -0.2) is 12.2 Å². The molecule has 1 heterocycles. The smallest absolute Gasteiger partial charge is 0.0745 e. The lowest BCUT2D eigenvalue weighted by Crippen LogP contribution is -2.15. The number of aryl methyl sites for hydroxylation is 2. The summed E-state index contributed by atoms with van der Waals surface area (Å²) in [4.78, 5) is 0.332.